The van der Waals surface area contributed by atoms with E-state index in [0.29, 0.717) is 0 Å². The Balaban J connectivity index is 2.47. The fourth-order valence-corrected chi connectivity index (χ4v) is 2.63. The molecule has 0 radical (unpaired) electrons. The maximum absolute atomic E-state index is 2.31. The summed E-state index contributed by atoms with van der Waals surface area (Å²) in [6.07, 6.45) is 8.71. The second-order valence-corrected chi connectivity index (χ2v) is 4.32. The Morgan fingerprint density at radius 2 is 2.07 bits per heavy atom. The molecule has 0 aliphatic heterocycles. The van der Waals surface area contributed by atoms with Crippen LogP contribution in [0, 0.1) is 0 Å². The van der Waals surface area contributed by atoms with Gasteiger partial charge < -0.3 is 0 Å². The smallest absolute Gasteiger partial charge is 0.0193 e. The lowest BCUT2D eigenvalue weighted by Crippen LogP contribution is -2.05. The van der Waals surface area contributed by atoms with Gasteiger partial charge in [-0.1, -0.05) is 31.2 Å². The first-order chi connectivity index (χ1) is 7.36. The molecule has 1 aromatic carbocycles. The van der Waals surface area contributed by atoms with Crippen molar-refractivity contribution in [2.75, 3.05) is 0 Å². The molecule has 1 aliphatic rings. The third-order valence-corrected chi connectivity index (χ3v) is 3.47. The van der Waals surface area contributed by atoms with Crippen LogP contribution in [0.5, 0.6) is 0 Å². The second-order valence-electron chi connectivity index (χ2n) is 4.32. The second kappa shape index (κ2) is 4.65. The van der Waals surface area contributed by atoms with Crippen LogP contribution in [0.2, 0.25) is 0 Å². The molecule has 1 aliphatic carbocycles. The van der Waals surface area contributed by atoms with Gasteiger partial charge in [0.1, 0.15) is 0 Å². The van der Waals surface area contributed by atoms with Crippen molar-refractivity contribution in [1.29, 1.82) is 0 Å². The van der Waals surface area contributed by atoms with Crippen molar-refractivity contribution in [1.82, 2.24) is 0 Å². The minimum Gasteiger partial charge on any atom is -0.0838 e. The molecule has 0 nitrogen and oxygen atoms in total. The van der Waals surface area contributed by atoms with E-state index in [9.17, 15) is 0 Å². The molecule has 0 atom stereocenters. The van der Waals surface area contributed by atoms with Gasteiger partial charge in [-0.05, 0) is 61.3 Å². The Bertz CT molecular complexity index is 372. The lowest BCUT2D eigenvalue weighted by Gasteiger charge is -2.20. The Kier molecular flexibility index (Phi) is 3.25. The molecule has 80 valence electrons. The first kappa shape index (κ1) is 10.5. The van der Waals surface area contributed by atoms with E-state index in [1.165, 1.54) is 36.8 Å². The Morgan fingerprint density at radius 3 is 2.80 bits per heavy atom. The van der Waals surface area contributed by atoms with Gasteiger partial charge in [-0.15, -0.1) is 0 Å². The standard InChI is InChI=1S/C15H20/c1-3-12(4-2)14-11-7-9-13-8-5-6-10-15(13)14/h3,7,9,11H,4-6,8,10H2,1-2H3/b12-3+. The maximum atomic E-state index is 2.31. The van der Waals surface area contributed by atoms with Crippen LogP contribution in [0.15, 0.2) is 24.3 Å². The molecule has 0 bridgehead atoms. The minimum atomic E-state index is 1.15. The van der Waals surface area contributed by atoms with Gasteiger partial charge in [0.15, 0.2) is 0 Å². The van der Waals surface area contributed by atoms with Gasteiger partial charge in [-0.3, -0.25) is 0 Å². The molecule has 0 heterocycles. The van der Waals surface area contributed by atoms with Crippen molar-refractivity contribution in [3.05, 3.63) is 41.0 Å². The summed E-state index contributed by atoms with van der Waals surface area (Å²) in [4.78, 5) is 0. The number of fused-ring (bicyclic) bond motifs is 1. The summed E-state index contributed by atoms with van der Waals surface area (Å²) in [5.41, 5.74) is 6.23. The normalized spacial score (nSPS) is 16.3. The van der Waals surface area contributed by atoms with Crippen LogP contribution < -0.4 is 0 Å². The number of rotatable bonds is 2. The van der Waals surface area contributed by atoms with Crippen LogP contribution in [-0.2, 0) is 12.8 Å². The van der Waals surface area contributed by atoms with Gasteiger partial charge >= 0.3 is 0 Å². The highest BCUT2D eigenvalue weighted by atomic mass is 14.2. The highest BCUT2D eigenvalue weighted by Crippen LogP contribution is 2.29. The topological polar surface area (TPSA) is 0 Å². The molecule has 15 heavy (non-hydrogen) atoms. The van der Waals surface area contributed by atoms with E-state index in [2.05, 4.69) is 38.1 Å². The van der Waals surface area contributed by atoms with E-state index in [-0.39, 0.29) is 0 Å². The summed E-state index contributed by atoms with van der Waals surface area (Å²) >= 11 is 0. The summed E-state index contributed by atoms with van der Waals surface area (Å²) in [7, 11) is 0. The van der Waals surface area contributed by atoms with Gasteiger partial charge in [0.05, 0.1) is 0 Å². The van der Waals surface area contributed by atoms with E-state index in [1.807, 2.05) is 0 Å². The van der Waals surface area contributed by atoms with E-state index in [1.54, 1.807) is 11.1 Å². The number of hydrogen-bond donors (Lipinski definition) is 0. The molecule has 0 N–H and O–H groups in total. The third-order valence-electron chi connectivity index (χ3n) is 3.47. The van der Waals surface area contributed by atoms with E-state index in [0.717, 1.165) is 6.42 Å². The maximum Gasteiger partial charge on any atom is -0.0193 e. The van der Waals surface area contributed by atoms with Crippen LogP contribution >= 0.6 is 0 Å². The van der Waals surface area contributed by atoms with Gasteiger partial charge in [-0.2, -0.15) is 0 Å². The highest BCUT2D eigenvalue weighted by molar-refractivity contribution is 5.69. The number of allylic oxidation sites excluding steroid dienone is 2. The summed E-state index contributed by atoms with van der Waals surface area (Å²) in [5, 5.41) is 0. The van der Waals surface area contributed by atoms with Crippen LogP contribution in [0.1, 0.15) is 49.8 Å². The average molecular weight is 200 g/mol. The molecule has 1 aromatic rings. The fourth-order valence-electron chi connectivity index (χ4n) is 2.63. The fraction of sp³-hybridized carbons (Fsp3) is 0.467. The van der Waals surface area contributed by atoms with Crippen LogP contribution in [0.3, 0.4) is 0 Å². The zero-order valence-corrected chi connectivity index (χ0v) is 9.84. The highest BCUT2D eigenvalue weighted by Gasteiger charge is 2.13. The largest absolute Gasteiger partial charge is 0.0838 e. The SMILES string of the molecule is C/C=C(\CC)c1cccc2c1CCCC2. The van der Waals surface area contributed by atoms with Gasteiger partial charge in [-0.25, -0.2) is 0 Å². The monoisotopic (exact) mass is 200 g/mol. The quantitative estimate of drug-likeness (QED) is 0.664. The lowest BCUT2D eigenvalue weighted by molar-refractivity contribution is 0.684. The summed E-state index contributed by atoms with van der Waals surface area (Å²) in [6, 6.07) is 6.82. The van der Waals surface area contributed by atoms with Crippen LogP contribution in [-0.4, -0.2) is 0 Å². The molecule has 0 unspecified atom stereocenters. The molecular formula is C15H20. The molecule has 0 aromatic heterocycles. The zero-order chi connectivity index (χ0) is 10.7. The molecule has 0 saturated heterocycles. The van der Waals surface area contributed by atoms with Crippen LogP contribution in [0.4, 0.5) is 0 Å². The van der Waals surface area contributed by atoms with Crippen molar-refractivity contribution in [2.45, 2.75) is 46.0 Å². The van der Waals surface area contributed by atoms with E-state index < -0.39 is 0 Å². The average Bonchev–Trinajstić information content (AvgIpc) is 2.31. The molecule has 0 heteroatoms. The van der Waals surface area contributed by atoms with E-state index >= 15 is 0 Å². The molecule has 2 rings (SSSR count). The lowest BCUT2D eigenvalue weighted by atomic mass is 9.85. The summed E-state index contributed by atoms with van der Waals surface area (Å²) in [6.45, 7) is 4.40. The predicted molar refractivity (Wildman–Crippen MR) is 67.0 cm³/mol. The Labute approximate surface area is 93.0 Å². The van der Waals surface area contributed by atoms with Crippen molar-refractivity contribution in [2.24, 2.45) is 0 Å². The van der Waals surface area contributed by atoms with Crippen molar-refractivity contribution >= 4 is 5.57 Å². The van der Waals surface area contributed by atoms with Crippen molar-refractivity contribution in [3.8, 4) is 0 Å². The first-order valence-corrected chi connectivity index (χ1v) is 6.13. The van der Waals surface area contributed by atoms with E-state index in [4.69, 9.17) is 0 Å². The summed E-state index contributed by atoms with van der Waals surface area (Å²) in [5.74, 6) is 0. The van der Waals surface area contributed by atoms with Crippen molar-refractivity contribution in [3.63, 3.8) is 0 Å². The van der Waals surface area contributed by atoms with Crippen molar-refractivity contribution < 1.29 is 0 Å². The molecule has 0 amide bonds. The molecular weight excluding hydrogens is 180 g/mol. The van der Waals surface area contributed by atoms with Gasteiger partial charge in [0.25, 0.3) is 0 Å². The predicted octanol–water partition coefficient (Wildman–Crippen LogP) is 4.38. The van der Waals surface area contributed by atoms with Crippen LogP contribution in [0.25, 0.3) is 5.57 Å². The molecule has 0 fully saturated rings. The summed E-state index contributed by atoms with van der Waals surface area (Å²) < 4.78 is 0. The van der Waals surface area contributed by atoms with Gasteiger partial charge in [0, 0.05) is 0 Å². The first-order valence-electron chi connectivity index (χ1n) is 6.13. The molecule has 0 spiro atoms. The number of benzene rings is 1. The van der Waals surface area contributed by atoms with Gasteiger partial charge in [0.2, 0.25) is 0 Å². The number of aryl methyl sites for hydroxylation is 1. The number of hydrogen-bond acceptors (Lipinski definition) is 0. The third kappa shape index (κ3) is 1.99. The molecule has 0 saturated carbocycles. The Hall–Kier alpha value is -1.04. The zero-order valence-electron chi connectivity index (χ0n) is 9.84. The Morgan fingerprint density at radius 1 is 1.27 bits per heavy atom. The minimum absolute atomic E-state index is 1.15.